The summed E-state index contributed by atoms with van der Waals surface area (Å²) < 4.78 is 2.29. The fourth-order valence-electron chi connectivity index (χ4n) is 4.51. The number of amides is 1. The van der Waals surface area contributed by atoms with Crippen molar-refractivity contribution in [2.45, 2.75) is 45.8 Å². The molecule has 2 heterocycles. The van der Waals surface area contributed by atoms with E-state index in [2.05, 4.69) is 52.9 Å². The van der Waals surface area contributed by atoms with Crippen molar-refractivity contribution in [1.82, 2.24) is 14.4 Å². The Morgan fingerprint density at radius 1 is 0.931 bits per heavy atom. The number of piperidine rings is 1. The van der Waals surface area contributed by atoms with Crippen molar-refractivity contribution in [3.05, 3.63) is 71.4 Å². The number of aryl methyl sites for hydroxylation is 1. The minimum Gasteiger partial charge on any atom is -0.346 e. The number of carbonyl (C=O) groups is 1. The second-order valence-electron chi connectivity index (χ2n) is 8.20. The van der Waals surface area contributed by atoms with Crippen LogP contribution in [-0.2, 0) is 31.5 Å². The first-order valence-corrected chi connectivity index (χ1v) is 10.7. The molecule has 4 nitrogen and oxygen atoms in total. The quantitative estimate of drug-likeness (QED) is 0.611. The number of carbonyl (C=O) groups excluding carboxylic acids is 1. The molecule has 1 aliphatic heterocycles. The van der Waals surface area contributed by atoms with E-state index in [0.29, 0.717) is 13.1 Å². The molecule has 0 radical (unpaired) electrons. The van der Waals surface area contributed by atoms with E-state index in [4.69, 9.17) is 0 Å². The van der Waals surface area contributed by atoms with Crippen LogP contribution in [0.3, 0.4) is 0 Å². The Labute approximate surface area is 173 Å². The Morgan fingerprint density at radius 2 is 1.62 bits per heavy atom. The zero-order chi connectivity index (χ0) is 20.2. The van der Waals surface area contributed by atoms with Crippen LogP contribution < -0.4 is 0 Å². The molecule has 0 atom stereocenters. The van der Waals surface area contributed by atoms with Crippen LogP contribution in [-0.4, -0.2) is 33.4 Å². The summed E-state index contributed by atoms with van der Waals surface area (Å²) in [6.07, 6.45) is 3.91. The maximum Gasteiger partial charge on any atom is 0.220 e. The van der Waals surface area contributed by atoms with Gasteiger partial charge in [0.15, 0.2) is 0 Å². The van der Waals surface area contributed by atoms with E-state index in [9.17, 15) is 4.79 Å². The fourth-order valence-corrected chi connectivity index (χ4v) is 4.51. The molecule has 0 unspecified atom stereocenters. The molecule has 1 fully saturated rings. The van der Waals surface area contributed by atoms with Crippen LogP contribution in [0.2, 0.25) is 0 Å². The van der Waals surface area contributed by atoms with Crippen molar-refractivity contribution < 1.29 is 4.79 Å². The average Bonchev–Trinajstić information content (AvgIpc) is 3.01. The lowest BCUT2D eigenvalue weighted by atomic mass is 10.1. The minimum atomic E-state index is 0.114. The molecule has 152 valence electrons. The molecule has 4 heteroatoms. The number of benzene rings is 2. The van der Waals surface area contributed by atoms with Crippen molar-refractivity contribution in [3.8, 4) is 0 Å². The highest BCUT2D eigenvalue weighted by atomic mass is 16.2. The third-order valence-electron chi connectivity index (χ3n) is 6.18. The topological polar surface area (TPSA) is 28.5 Å². The van der Waals surface area contributed by atoms with E-state index >= 15 is 0 Å². The SMILES string of the molecule is CC(=O)N(Cc1ccccc1)Cc1c(CN2CCCCC2)c2ccccc2n1C. The van der Waals surface area contributed by atoms with Crippen LogP contribution in [0.4, 0.5) is 0 Å². The number of nitrogens with zero attached hydrogens (tertiary/aromatic N) is 3. The lowest BCUT2D eigenvalue weighted by molar-refractivity contribution is -0.130. The summed E-state index contributed by atoms with van der Waals surface area (Å²) in [5, 5.41) is 1.32. The van der Waals surface area contributed by atoms with Gasteiger partial charge in [0.05, 0.1) is 6.54 Å². The van der Waals surface area contributed by atoms with E-state index in [-0.39, 0.29) is 5.91 Å². The van der Waals surface area contributed by atoms with Gasteiger partial charge in [0.2, 0.25) is 5.91 Å². The number of likely N-dealkylation sites (tertiary alicyclic amines) is 1. The third kappa shape index (κ3) is 4.38. The summed E-state index contributed by atoms with van der Waals surface area (Å²) >= 11 is 0. The molecule has 1 aliphatic rings. The maximum absolute atomic E-state index is 12.5. The third-order valence-corrected chi connectivity index (χ3v) is 6.18. The summed E-state index contributed by atoms with van der Waals surface area (Å²) in [6, 6.07) is 18.9. The van der Waals surface area contributed by atoms with Gasteiger partial charge in [-0.05, 0) is 43.1 Å². The second-order valence-corrected chi connectivity index (χ2v) is 8.20. The second kappa shape index (κ2) is 8.83. The van der Waals surface area contributed by atoms with Gasteiger partial charge >= 0.3 is 0 Å². The maximum atomic E-state index is 12.5. The lowest BCUT2D eigenvalue weighted by Crippen LogP contribution is -2.31. The Balaban J connectivity index is 1.68. The number of aromatic nitrogens is 1. The Hall–Kier alpha value is -2.59. The van der Waals surface area contributed by atoms with Gasteiger partial charge in [-0.1, -0.05) is 55.0 Å². The van der Waals surface area contributed by atoms with Crippen LogP contribution >= 0.6 is 0 Å². The van der Waals surface area contributed by atoms with Crippen molar-refractivity contribution in [1.29, 1.82) is 0 Å². The van der Waals surface area contributed by atoms with E-state index in [1.807, 2.05) is 23.1 Å². The highest BCUT2D eigenvalue weighted by Gasteiger charge is 2.21. The average molecular weight is 390 g/mol. The fraction of sp³-hybridized carbons (Fsp3) is 0.400. The van der Waals surface area contributed by atoms with E-state index in [0.717, 1.165) is 6.54 Å². The number of hydrogen-bond acceptors (Lipinski definition) is 2. The van der Waals surface area contributed by atoms with Crippen LogP contribution in [0.5, 0.6) is 0 Å². The van der Waals surface area contributed by atoms with Gasteiger partial charge in [0.1, 0.15) is 0 Å². The van der Waals surface area contributed by atoms with Crippen LogP contribution in [0.1, 0.15) is 43.0 Å². The number of rotatable bonds is 6. The van der Waals surface area contributed by atoms with Crippen molar-refractivity contribution in [2.24, 2.45) is 7.05 Å². The smallest absolute Gasteiger partial charge is 0.220 e. The highest BCUT2D eigenvalue weighted by molar-refractivity contribution is 5.85. The van der Waals surface area contributed by atoms with Crippen LogP contribution in [0, 0.1) is 0 Å². The Kier molecular flexibility index (Phi) is 6.00. The normalized spacial score (nSPS) is 15.0. The lowest BCUT2D eigenvalue weighted by Gasteiger charge is -2.28. The molecule has 3 aromatic rings. The molecule has 1 amide bonds. The molecular weight excluding hydrogens is 358 g/mol. The van der Waals surface area contributed by atoms with Gasteiger partial charge < -0.3 is 9.47 Å². The zero-order valence-electron chi connectivity index (χ0n) is 17.6. The van der Waals surface area contributed by atoms with Crippen molar-refractivity contribution in [3.63, 3.8) is 0 Å². The number of fused-ring (bicyclic) bond motifs is 1. The largest absolute Gasteiger partial charge is 0.346 e. The molecule has 0 saturated carbocycles. The Bertz CT molecular complexity index is 970. The van der Waals surface area contributed by atoms with Crippen LogP contribution in [0.15, 0.2) is 54.6 Å². The number of para-hydroxylation sites is 1. The van der Waals surface area contributed by atoms with Crippen molar-refractivity contribution >= 4 is 16.8 Å². The first-order valence-electron chi connectivity index (χ1n) is 10.7. The van der Waals surface area contributed by atoms with Gasteiger partial charge in [-0.25, -0.2) is 0 Å². The molecule has 0 spiro atoms. The van der Waals surface area contributed by atoms with Gasteiger partial charge in [0, 0.05) is 43.7 Å². The highest BCUT2D eigenvalue weighted by Crippen LogP contribution is 2.29. The molecule has 1 aromatic heterocycles. The Morgan fingerprint density at radius 3 is 2.34 bits per heavy atom. The summed E-state index contributed by atoms with van der Waals surface area (Å²) in [4.78, 5) is 17.0. The summed E-state index contributed by atoms with van der Waals surface area (Å²) in [7, 11) is 2.14. The molecule has 2 aromatic carbocycles. The minimum absolute atomic E-state index is 0.114. The summed E-state index contributed by atoms with van der Waals surface area (Å²) in [5.74, 6) is 0.114. The molecule has 0 bridgehead atoms. The van der Waals surface area contributed by atoms with Gasteiger partial charge in [-0.3, -0.25) is 9.69 Å². The molecule has 0 N–H and O–H groups in total. The summed E-state index contributed by atoms with van der Waals surface area (Å²) in [6.45, 7) is 6.26. The predicted molar refractivity (Wildman–Crippen MR) is 118 cm³/mol. The van der Waals surface area contributed by atoms with Gasteiger partial charge in [-0.2, -0.15) is 0 Å². The van der Waals surface area contributed by atoms with E-state index in [1.54, 1.807) is 6.92 Å². The zero-order valence-corrected chi connectivity index (χ0v) is 17.6. The van der Waals surface area contributed by atoms with Crippen LogP contribution in [0.25, 0.3) is 10.9 Å². The monoisotopic (exact) mass is 389 g/mol. The molecule has 4 rings (SSSR count). The van der Waals surface area contributed by atoms with Gasteiger partial charge in [0.25, 0.3) is 0 Å². The molecule has 0 aliphatic carbocycles. The van der Waals surface area contributed by atoms with Gasteiger partial charge in [-0.15, -0.1) is 0 Å². The first-order chi connectivity index (χ1) is 14.1. The first kappa shape index (κ1) is 19.7. The number of hydrogen-bond donors (Lipinski definition) is 0. The van der Waals surface area contributed by atoms with Crippen molar-refractivity contribution in [2.75, 3.05) is 13.1 Å². The predicted octanol–water partition coefficient (Wildman–Crippen LogP) is 4.71. The standard InChI is InChI=1S/C25H31N3O/c1-20(29)28(17-21-11-5-3-6-12-21)19-25-23(18-27-15-9-4-10-16-27)22-13-7-8-14-24(22)26(25)2/h3,5-8,11-14H,4,9-10,15-19H2,1-2H3. The molecule has 1 saturated heterocycles. The van der Waals surface area contributed by atoms with E-state index in [1.165, 1.54) is 60.1 Å². The molecular formula is C25H31N3O. The molecule has 29 heavy (non-hydrogen) atoms. The van der Waals surface area contributed by atoms with E-state index < -0.39 is 0 Å². The summed E-state index contributed by atoms with van der Waals surface area (Å²) in [5.41, 5.74) is 5.05.